The summed E-state index contributed by atoms with van der Waals surface area (Å²) in [6, 6.07) is 0. The lowest BCUT2D eigenvalue weighted by Gasteiger charge is -2.65. The first-order valence-corrected chi connectivity index (χ1v) is 6.87. The van der Waals surface area contributed by atoms with Gasteiger partial charge in [0.25, 0.3) is 0 Å². The number of hydrogen-bond acceptors (Lipinski definition) is 1. The van der Waals surface area contributed by atoms with Crippen molar-refractivity contribution in [3.05, 3.63) is 0 Å². The molecule has 0 saturated heterocycles. The molecule has 4 saturated carbocycles. The number of rotatable bonds is 0. The van der Waals surface area contributed by atoms with Gasteiger partial charge >= 0.3 is 0 Å². The van der Waals surface area contributed by atoms with Gasteiger partial charge in [-0.15, -0.1) is 0 Å². The van der Waals surface area contributed by atoms with Gasteiger partial charge in [-0.1, -0.05) is 27.7 Å². The maximum atomic E-state index is 12.3. The normalized spacial score (nSPS) is 48.1. The van der Waals surface area contributed by atoms with Gasteiger partial charge in [0, 0.05) is 12.3 Å². The molecule has 4 aliphatic rings. The third kappa shape index (κ3) is 1.15. The first kappa shape index (κ1) is 10.8. The molecule has 0 aliphatic heterocycles. The maximum absolute atomic E-state index is 12.3. The fraction of sp³-hybridized carbons (Fsp3) is 0.933. The van der Waals surface area contributed by atoms with Crippen LogP contribution in [0, 0.1) is 34.5 Å². The van der Waals surface area contributed by atoms with E-state index in [2.05, 4.69) is 27.7 Å². The molecule has 0 radical (unpaired) electrons. The average molecular weight is 220 g/mol. The Bertz CT molecular complexity index is 333. The highest BCUT2D eigenvalue weighted by Crippen LogP contribution is 2.67. The van der Waals surface area contributed by atoms with E-state index < -0.39 is 0 Å². The highest BCUT2D eigenvalue weighted by Gasteiger charge is 2.62. The largest absolute Gasteiger partial charge is 0.299 e. The highest BCUT2D eigenvalue weighted by molar-refractivity contribution is 5.83. The van der Waals surface area contributed by atoms with Crippen LogP contribution in [-0.4, -0.2) is 5.78 Å². The molecule has 4 aliphatic carbocycles. The fourth-order valence-electron chi connectivity index (χ4n) is 5.02. The Kier molecular flexibility index (Phi) is 1.97. The smallest absolute Gasteiger partial charge is 0.136 e. The molecule has 0 N–H and O–H groups in total. The van der Waals surface area contributed by atoms with E-state index in [0.717, 1.165) is 24.7 Å². The minimum absolute atomic E-state index is 0.272. The summed E-state index contributed by atoms with van der Waals surface area (Å²) in [6.45, 7) is 9.49. The van der Waals surface area contributed by atoms with Crippen LogP contribution in [0.15, 0.2) is 0 Å². The summed E-state index contributed by atoms with van der Waals surface area (Å²) in [4.78, 5) is 12.3. The molecule has 2 atom stereocenters. The molecule has 0 heterocycles. The molecule has 4 fully saturated rings. The van der Waals surface area contributed by atoms with Crippen molar-refractivity contribution in [2.75, 3.05) is 0 Å². The Hall–Kier alpha value is -0.330. The van der Waals surface area contributed by atoms with E-state index in [1.165, 1.54) is 12.8 Å². The summed E-state index contributed by atoms with van der Waals surface area (Å²) in [5.74, 6) is 3.31. The predicted molar refractivity (Wildman–Crippen MR) is 65.0 cm³/mol. The summed E-state index contributed by atoms with van der Waals surface area (Å²) in [6.07, 6.45) is 4.73. The van der Waals surface area contributed by atoms with Crippen LogP contribution >= 0.6 is 0 Å². The molecule has 1 nitrogen and oxygen atoms in total. The lowest BCUT2D eigenvalue weighted by molar-refractivity contribution is -0.181. The van der Waals surface area contributed by atoms with Crippen molar-refractivity contribution in [2.24, 2.45) is 34.5 Å². The predicted octanol–water partition coefficient (Wildman–Crippen LogP) is 3.67. The fourth-order valence-corrected chi connectivity index (χ4v) is 5.02. The summed E-state index contributed by atoms with van der Waals surface area (Å²) >= 11 is 0. The van der Waals surface area contributed by atoms with Crippen molar-refractivity contribution < 1.29 is 4.79 Å². The lowest BCUT2D eigenvalue weighted by Crippen LogP contribution is -2.61. The van der Waals surface area contributed by atoms with Gasteiger partial charge in [-0.2, -0.15) is 0 Å². The van der Waals surface area contributed by atoms with Crippen molar-refractivity contribution in [3.8, 4) is 0 Å². The number of carbonyl (C=O) groups is 1. The average Bonchev–Trinajstić information content (AvgIpc) is 2.07. The molecule has 16 heavy (non-hydrogen) atoms. The number of Topliss-reactive ketones (excluding diaryl/α,β-unsaturated/α-hetero) is 1. The number of ketones is 1. The molecule has 4 rings (SSSR count). The minimum atomic E-state index is 0.272. The number of carbonyl (C=O) groups excluding carboxylic acids is 1. The van der Waals surface area contributed by atoms with Crippen LogP contribution < -0.4 is 0 Å². The Morgan fingerprint density at radius 2 is 1.75 bits per heavy atom. The van der Waals surface area contributed by atoms with E-state index in [4.69, 9.17) is 0 Å². The van der Waals surface area contributed by atoms with E-state index in [-0.39, 0.29) is 5.41 Å². The Morgan fingerprint density at radius 3 is 2.31 bits per heavy atom. The Labute approximate surface area is 99.0 Å². The van der Waals surface area contributed by atoms with Crippen molar-refractivity contribution >= 4 is 5.78 Å². The van der Waals surface area contributed by atoms with Crippen molar-refractivity contribution in [3.63, 3.8) is 0 Å². The van der Waals surface area contributed by atoms with E-state index in [9.17, 15) is 4.79 Å². The molecule has 1 heteroatoms. The standard InChI is InChI=1S/C15H24O/c1-14(2)6-5-11(16)13-12(14)9-7-10(8-9)15(13,3)4/h9-10,12-13H,5-8H2,1-4H3. The van der Waals surface area contributed by atoms with Crippen molar-refractivity contribution in [1.29, 1.82) is 0 Å². The van der Waals surface area contributed by atoms with E-state index in [0.29, 0.717) is 23.0 Å². The van der Waals surface area contributed by atoms with Gasteiger partial charge in [-0.25, -0.2) is 0 Å². The lowest BCUT2D eigenvalue weighted by atomic mass is 9.39. The molecule has 2 bridgehead atoms. The second-order valence-electron chi connectivity index (χ2n) is 7.71. The third-order valence-corrected chi connectivity index (χ3v) is 6.16. The van der Waals surface area contributed by atoms with Gasteiger partial charge < -0.3 is 0 Å². The van der Waals surface area contributed by atoms with E-state index >= 15 is 0 Å². The summed E-state index contributed by atoms with van der Waals surface area (Å²) in [5.41, 5.74) is 0.667. The molecular formula is C15H24O. The third-order valence-electron chi connectivity index (χ3n) is 6.16. The summed E-state index contributed by atoms with van der Waals surface area (Å²) in [5, 5.41) is 0. The van der Waals surface area contributed by atoms with Gasteiger partial charge in [0.15, 0.2) is 0 Å². The molecule has 90 valence electrons. The molecule has 0 aromatic carbocycles. The molecule has 0 spiro atoms. The van der Waals surface area contributed by atoms with Gasteiger partial charge in [0.05, 0.1) is 0 Å². The topological polar surface area (TPSA) is 17.1 Å². The summed E-state index contributed by atoms with van der Waals surface area (Å²) in [7, 11) is 0. The Morgan fingerprint density at radius 1 is 1.12 bits per heavy atom. The van der Waals surface area contributed by atoms with Gasteiger partial charge in [-0.05, 0) is 47.8 Å². The van der Waals surface area contributed by atoms with E-state index in [1.807, 2.05) is 0 Å². The summed E-state index contributed by atoms with van der Waals surface area (Å²) < 4.78 is 0. The highest BCUT2D eigenvalue weighted by atomic mass is 16.1. The second kappa shape index (κ2) is 2.91. The first-order valence-electron chi connectivity index (χ1n) is 6.87. The van der Waals surface area contributed by atoms with Crippen LogP contribution in [0.4, 0.5) is 0 Å². The van der Waals surface area contributed by atoms with Gasteiger partial charge in [-0.3, -0.25) is 4.79 Å². The Balaban J connectivity index is 2.03. The molecule has 0 amide bonds. The van der Waals surface area contributed by atoms with Crippen LogP contribution in [0.5, 0.6) is 0 Å². The molecule has 0 aromatic heterocycles. The van der Waals surface area contributed by atoms with Crippen LogP contribution in [-0.2, 0) is 4.79 Å². The van der Waals surface area contributed by atoms with Crippen LogP contribution in [0.3, 0.4) is 0 Å². The second-order valence-corrected chi connectivity index (χ2v) is 7.71. The molecule has 0 aromatic rings. The first-order chi connectivity index (χ1) is 7.34. The van der Waals surface area contributed by atoms with Crippen molar-refractivity contribution in [2.45, 2.75) is 53.4 Å². The zero-order chi connectivity index (χ0) is 11.7. The van der Waals surface area contributed by atoms with Gasteiger partial charge in [0.1, 0.15) is 5.78 Å². The van der Waals surface area contributed by atoms with Crippen molar-refractivity contribution in [1.82, 2.24) is 0 Å². The minimum Gasteiger partial charge on any atom is -0.299 e. The van der Waals surface area contributed by atoms with Gasteiger partial charge in [0.2, 0.25) is 0 Å². The molecule has 2 unspecified atom stereocenters. The zero-order valence-corrected chi connectivity index (χ0v) is 11.0. The number of hydrogen-bond donors (Lipinski definition) is 0. The quantitative estimate of drug-likeness (QED) is 0.608. The van der Waals surface area contributed by atoms with Crippen LogP contribution in [0.2, 0.25) is 0 Å². The maximum Gasteiger partial charge on any atom is 0.136 e. The SMILES string of the molecule is CC1(C)CCC(=O)C2C1C1CC(C1)C2(C)C. The van der Waals surface area contributed by atoms with Crippen LogP contribution in [0.25, 0.3) is 0 Å². The monoisotopic (exact) mass is 220 g/mol. The zero-order valence-electron chi connectivity index (χ0n) is 11.0. The van der Waals surface area contributed by atoms with Crippen LogP contribution in [0.1, 0.15) is 53.4 Å². The van der Waals surface area contributed by atoms with E-state index in [1.54, 1.807) is 0 Å². The molecular weight excluding hydrogens is 196 g/mol.